The summed E-state index contributed by atoms with van der Waals surface area (Å²) in [5.41, 5.74) is 0.507. The lowest BCUT2D eigenvalue weighted by atomic mass is 10.0. The van der Waals surface area contributed by atoms with Crippen molar-refractivity contribution in [3.8, 4) is 0 Å². The Balaban J connectivity index is 1.66. The van der Waals surface area contributed by atoms with E-state index < -0.39 is 5.97 Å². The number of carboxylic acids is 1. The number of carboxylic acid groups (broad SMARTS) is 1. The molecule has 0 aliphatic carbocycles. The minimum Gasteiger partial charge on any atom is -0.480 e. The Morgan fingerprint density at radius 3 is 3.05 bits per heavy atom. The summed E-state index contributed by atoms with van der Waals surface area (Å²) in [7, 11) is 0. The zero-order valence-electron chi connectivity index (χ0n) is 11.6. The molecule has 1 aromatic rings. The number of amides is 2. The van der Waals surface area contributed by atoms with Gasteiger partial charge >= 0.3 is 12.0 Å². The number of aliphatic carboxylic acids is 1. The summed E-state index contributed by atoms with van der Waals surface area (Å²) < 4.78 is 6.54. The van der Waals surface area contributed by atoms with Crippen LogP contribution in [0.4, 0.5) is 4.79 Å². The summed E-state index contributed by atoms with van der Waals surface area (Å²) in [6.07, 6.45) is 3.58. The molecule has 0 spiro atoms. The second-order valence-corrected chi connectivity index (χ2v) is 4.95. The van der Waals surface area contributed by atoms with Gasteiger partial charge in [0.15, 0.2) is 0 Å². The zero-order chi connectivity index (χ0) is 15.1. The van der Waals surface area contributed by atoms with E-state index in [-0.39, 0.29) is 19.1 Å². The van der Waals surface area contributed by atoms with Crippen molar-refractivity contribution in [1.82, 2.24) is 25.6 Å². The lowest BCUT2D eigenvalue weighted by Gasteiger charge is -2.22. The maximum Gasteiger partial charge on any atom is 0.325 e. The maximum atomic E-state index is 11.6. The smallest absolute Gasteiger partial charge is 0.325 e. The third-order valence-electron chi connectivity index (χ3n) is 3.12. The second-order valence-electron chi connectivity index (χ2n) is 4.95. The van der Waals surface area contributed by atoms with E-state index in [2.05, 4.69) is 20.9 Å². The van der Waals surface area contributed by atoms with Gasteiger partial charge in [0.25, 0.3) is 0 Å². The largest absolute Gasteiger partial charge is 0.480 e. The lowest BCUT2D eigenvalue weighted by molar-refractivity contribution is -0.137. The summed E-state index contributed by atoms with van der Waals surface area (Å²) in [6.45, 7) is 2.02. The van der Waals surface area contributed by atoms with Crippen LogP contribution in [0.1, 0.15) is 18.5 Å². The Hall–Kier alpha value is -2.16. The first-order valence-electron chi connectivity index (χ1n) is 6.83. The summed E-state index contributed by atoms with van der Waals surface area (Å²) in [6, 6.07) is -0.284. The van der Waals surface area contributed by atoms with Crippen LogP contribution in [0, 0.1) is 5.92 Å². The number of nitrogens with zero attached hydrogens (tertiary/aromatic N) is 3. The highest BCUT2D eigenvalue weighted by Gasteiger charge is 2.14. The Morgan fingerprint density at radius 1 is 1.48 bits per heavy atom. The molecule has 116 valence electrons. The molecule has 0 saturated carbocycles. The van der Waals surface area contributed by atoms with Gasteiger partial charge in [-0.05, 0) is 18.8 Å². The molecule has 1 saturated heterocycles. The average Bonchev–Trinajstić information content (AvgIpc) is 2.91. The van der Waals surface area contributed by atoms with Crippen molar-refractivity contribution in [2.45, 2.75) is 25.9 Å². The molecule has 2 heterocycles. The van der Waals surface area contributed by atoms with Gasteiger partial charge < -0.3 is 20.5 Å². The van der Waals surface area contributed by atoms with E-state index in [1.54, 1.807) is 0 Å². The van der Waals surface area contributed by atoms with Crippen LogP contribution >= 0.6 is 0 Å². The van der Waals surface area contributed by atoms with E-state index in [0.717, 1.165) is 19.4 Å². The first-order valence-corrected chi connectivity index (χ1v) is 6.83. The fourth-order valence-corrected chi connectivity index (χ4v) is 2.07. The quantitative estimate of drug-likeness (QED) is 0.657. The highest BCUT2D eigenvalue weighted by Crippen LogP contribution is 2.11. The van der Waals surface area contributed by atoms with Crippen molar-refractivity contribution in [3.63, 3.8) is 0 Å². The number of carbonyl (C=O) groups excluding carboxylic acids is 1. The number of urea groups is 1. The molecule has 0 aromatic carbocycles. The number of aromatic nitrogens is 3. The molecule has 1 fully saturated rings. The summed E-state index contributed by atoms with van der Waals surface area (Å²) in [4.78, 5) is 22.1. The Kier molecular flexibility index (Phi) is 5.50. The minimum atomic E-state index is -0.994. The van der Waals surface area contributed by atoms with E-state index in [0.29, 0.717) is 24.8 Å². The van der Waals surface area contributed by atoms with Gasteiger partial charge in [0.1, 0.15) is 12.2 Å². The molecule has 9 nitrogen and oxygen atoms in total. The molecule has 0 bridgehead atoms. The molecule has 2 rings (SSSR count). The molecule has 1 atom stereocenters. The predicted molar refractivity (Wildman–Crippen MR) is 71.4 cm³/mol. The SMILES string of the molecule is O=C(O)Cn1cc(CNC(=O)NCC2CCCOC2)nn1. The first kappa shape index (κ1) is 15.2. The Labute approximate surface area is 121 Å². The third kappa shape index (κ3) is 5.38. The normalized spacial score (nSPS) is 18.2. The molecule has 0 radical (unpaired) electrons. The lowest BCUT2D eigenvalue weighted by Crippen LogP contribution is -2.39. The molecule has 9 heteroatoms. The van der Waals surface area contributed by atoms with E-state index >= 15 is 0 Å². The standard InChI is InChI=1S/C12H19N5O4/c18-11(19)7-17-6-10(15-16-17)5-14-12(20)13-4-9-2-1-3-21-8-9/h6,9H,1-5,7-8H2,(H,18,19)(H2,13,14,20). The van der Waals surface area contributed by atoms with Crippen LogP contribution in [0.5, 0.6) is 0 Å². The fraction of sp³-hybridized carbons (Fsp3) is 0.667. The van der Waals surface area contributed by atoms with E-state index in [9.17, 15) is 9.59 Å². The minimum absolute atomic E-state index is 0.201. The molecule has 1 unspecified atom stereocenters. The van der Waals surface area contributed by atoms with Crippen LogP contribution in [-0.2, 0) is 22.6 Å². The Morgan fingerprint density at radius 2 is 2.33 bits per heavy atom. The van der Waals surface area contributed by atoms with Gasteiger partial charge in [-0.2, -0.15) is 0 Å². The number of hydrogen-bond donors (Lipinski definition) is 3. The maximum absolute atomic E-state index is 11.6. The van der Waals surface area contributed by atoms with E-state index in [1.165, 1.54) is 10.9 Å². The van der Waals surface area contributed by atoms with Crippen molar-refractivity contribution in [1.29, 1.82) is 0 Å². The predicted octanol–water partition coefficient (Wildman–Crippen LogP) is -0.411. The van der Waals surface area contributed by atoms with Crippen molar-refractivity contribution < 1.29 is 19.4 Å². The van der Waals surface area contributed by atoms with Crippen LogP contribution in [0.25, 0.3) is 0 Å². The molecule has 1 aromatic heterocycles. The number of nitrogens with one attached hydrogen (secondary N) is 2. The van der Waals surface area contributed by atoms with Crippen LogP contribution < -0.4 is 10.6 Å². The summed E-state index contributed by atoms with van der Waals surface area (Å²) >= 11 is 0. The molecule has 21 heavy (non-hydrogen) atoms. The molecular weight excluding hydrogens is 278 g/mol. The van der Waals surface area contributed by atoms with Crippen molar-refractivity contribution in [2.75, 3.05) is 19.8 Å². The molecular formula is C12H19N5O4. The number of hydrogen-bond acceptors (Lipinski definition) is 5. The van der Waals surface area contributed by atoms with Gasteiger partial charge in [-0.15, -0.1) is 5.10 Å². The fourth-order valence-electron chi connectivity index (χ4n) is 2.07. The van der Waals surface area contributed by atoms with Gasteiger partial charge in [-0.25, -0.2) is 9.48 Å². The monoisotopic (exact) mass is 297 g/mol. The van der Waals surface area contributed by atoms with Gasteiger partial charge in [0.05, 0.1) is 19.3 Å². The summed E-state index contributed by atoms with van der Waals surface area (Å²) in [5.74, 6) is -0.632. The highest BCUT2D eigenvalue weighted by molar-refractivity contribution is 5.73. The van der Waals surface area contributed by atoms with Crippen LogP contribution in [-0.4, -0.2) is 51.9 Å². The second kappa shape index (κ2) is 7.58. The number of carbonyl (C=O) groups is 2. The molecule has 1 aliphatic heterocycles. The van der Waals surface area contributed by atoms with Crippen LogP contribution in [0.2, 0.25) is 0 Å². The summed E-state index contributed by atoms with van der Waals surface area (Å²) in [5, 5.41) is 21.5. The first-order chi connectivity index (χ1) is 10.1. The third-order valence-corrected chi connectivity index (χ3v) is 3.12. The zero-order valence-corrected chi connectivity index (χ0v) is 11.6. The van der Waals surface area contributed by atoms with Gasteiger partial charge in [0.2, 0.25) is 0 Å². The van der Waals surface area contributed by atoms with E-state index in [1.807, 2.05) is 0 Å². The van der Waals surface area contributed by atoms with Crippen molar-refractivity contribution >= 4 is 12.0 Å². The van der Waals surface area contributed by atoms with Crippen molar-refractivity contribution in [3.05, 3.63) is 11.9 Å². The molecule has 2 amide bonds. The number of rotatable bonds is 6. The van der Waals surface area contributed by atoms with Crippen LogP contribution in [0.15, 0.2) is 6.20 Å². The van der Waals surface area contributed by atoms with E-state index in [4.69, 9.17) is 9.84 Å². The van der Waals surface area contributed by atoms with Gasteiger partial charge in [0, 0.05) is 13.2 Å². The van der Waals surface area contributed by atoms with Gasteiger partial charge in [-0.3, -0.25) is 4.79 Å². The highest BCUT2D eigenvalue weighted by atomic mass is 16.5. The van der Waals surface area contributed by atoms with Crippen LogP contribution in [0.3, 0.4) is 0 Å². The number of ether oxygens (including phenoxy) is 1. The topological polar surface area (TPSA) is 118 Å². The Bertz CT molecular complexity index is 484. The van der Waals surface area contributed by atoms with Gasteiger partial charge in [-0.1, -0.05) is 5.21 Å². The average molecular weight is 297 g/mol. The molecule has 1 aliphatic rings. The molecule has 3 N–H and O–H groups in total. The van der Waals surface area contributed by atoms with Crippen molar-refractivity contribution in [2.24, 2.45) is 5.92 Å².